The van der Waals surface area contributed by atoms with Gasteiger partial charge < -0.3 is 5.32 Å². The molecule has 1 saturated heterocycles. The molecule has 0 aliphatic carbocycles. The third kappa shape index (κ3) is 4.47. The Bertz CT molecular complexity index is 578. The second-order valence-corrected chi connectivity index (χ2v) is 5.76. The molecule has 0 aromatic heterocycles. The molecule has 2 N–H and O–H groups in total. The predicted molar refractivity (Wildman–Crippen MR) is 82.1 cm³/mol. The molecule has 5 nitrogen and oxygen atoms in total. The molecule has 0 saturated carbocycles. The fourth-order valence-electron chi connectivity index (χ4n) is 2.91. The normalized spacial score (nSPS) is 20.2. The quantitative estimate of drug-likeness (QED) is 0.886. The highest BCUT2D eigenvalue weighted by atomic mass is 19.4. The fraction of sp³-hybridized carbons (Fsp3) is 0.500. The van der Waals surface area contributed by atoms with E-state index in [2.05, 4.69) is 10.6 Å². The number of carbonyl (C=O) groups excluding carboxylic acids is 2. The van der Waals surface area contributed by atoms with Crippen LogP contribution in [0.2, 0.25) is 0 Å². The van der Waals surface area contributed by atoms with E-state index in [1.54, 1.807) is 30.3 Å². The van der Waals surface area contributed by atoms with E-state index in [0.717, 1.165) is 0 Å². The molecule has 8 heteroatoms. The Hall–Kier alpha value is -2.09. The Balaban J connectivity index is 2.25. The molecule has 1 aliphatic rings. The van der Waals surface area contributed by atoms with Crippen LogP contribution in [-0.4, -0.2) is 43.2 Å². The van der Waals surface area contributed by atoms with Crippen LogP contribution in [0.25, 0.3) is 0 Å². The first-order chi connectivity index (χ1) is 11.3. The lowest BCUT2D eigenvalue weighted by atomic mass is 9.94. The minimum Gasteiger partial charge on any atom is -0.341 e. The first kappa shape index (κ1) is 18.3. The van der Waals surface area contributed by atoms with E-state index >= 15 is 0 Å². The van der Waals surface area contributed by atoms with Crippen LogP contribution in [0.4, 0.5) is 18.0 Å². The molecule has 3 amide bonds. The van der Waals surface area contributed by atoms with Crippen LogP contribution in [0.1, 0.15) is 24.4 Å². The molecular formula is C16H20F3N3O2. The van der Waals surface area contributed by atoms with E-state index in [9.17, 15) is 22.8 Å². The number of hydrogen-bond donors (Lipinski definition) is 2. The van der Waals surface area contributed by atoms with Gasteiger partial charge in [-0.1, -0.05) is 30.3 Å². The number of urea groups is 1. The van der Waals surface area contributed by atoms with Crippen LogP contribution in [0.3, 0.4) is 0 Å². The topological polar surface area (TPSA) is 61.4 Å². The highest BCUT2D eigenvalue weighted by Gasteiger charge is 2.44. The van der Waals surface area contributed by atoms with Gasteiger partial charge in [-0.3, -0.25) is 15.0 Å². The number of rotatable bonds is 3. The third-order valence-electron chi connectivity index (χ3n) is 4.11. The summed E-state index contributed by atoms with van der Waals surface area (Å²) in [7, 11) is 1.36. The van der Waals surface area contributed by atoms with Crippen LogP contribution in [0.15, 0.2) is 30.3 Å². The zero-order valence-corrected chi connectivity index (χ0v) is 13.3. The highest BCUT2D eigenvalue weighted by molar-refractivity contribution is 5.97. The molecular weight excluding hydrogens is 323 g/mol. The number of halogens is 3. The van der Waals surface area contributed by atoms with Crippen LogP contribution in [0, 0.1) is 5.92 Å². The number of carbonyl (C=O) groups is 2. The molecule has 2 atom stereocenters. The number of alkyl halides is 3. The van der Waals surface area contributed by atoms with E-state index < -0.39 is 30.1 Å². The van der Waals surface area contributed by atoms with Crippen molar-refractivity contribution in [3.63, 3.8) is 0 Å². The SMILES string of the molecule is CNC(=O)NC(=O)C(c1ccccc1)N1CCCC(C(F)(F)F)C1. The Morgan fingerprint density at radius 3 is 2.50 bits per heavy atom. The summed E-state index contributed by atoms with van der Waals surface area (Å²) >= 11 is 0. The minimum atomic E-state index is -4.29. The van der Waals surface area contributed by atoms with Gasteiger partial charge in [-0.25, -0.2) is 4.79 Å². The van der Waals surface area contributed by atoms with Crippen molar-refractivity contribution in [2.45, 2.75) is 25.1 Å². The maximum atomic E-state index is 13.1. The number of benzene rings is 1. The lowest BCUT2D eigenvalue weighted by molar-refractivity contribution is -0.189. The smallest absolute Gasteiger partial charge is 0.341 e. The van der Waals surface area contributed by atoms with Crippen molar-refractivity contribution < 1.29 is 22.8 Å². The van der Waals surface area contributed by atoms with E-state index in [1.807, 2.05) is 0 Å². The number of amides is 3. The Morgan fingerprint density at radius 1 is 1.25 bits per heavy atom. The molecule has 132 valence electrons. The highest BCUT2D eigenvalue weighted by Crippen LogP contribution is 2.36. The third-order valence-corrected chi connectivity index (χ3v) is 4.11. The standard InChI is InChI=1S/C16H20F3N3O2/c1-20-15(24)21-14(23)13(11-6-3-2-4-7-11)22-9-5-8-12(10-22)16(17,18)19/h2-4,6-7,12-13H,5,8-10H2,1H3,(H2,20,21,23,24). The van der Waals surface area contributed by atoms with Gasteiger partial charge in [-0.15, -0.1) is 0 Å². The van der Waals surface area contributed by atoms with Crippen LogP contribution >= 0.6 is 0 Å². The zero-order chi connectivity index (χ0) is 17.7. The molecule has 0 radical (unpaired) electrons. The van der Waals surface area contributed by atoms with Gasteiger partial charge in [0, 0.05) is 13.6 Å². The number of likely N-dealkylation sites (tertiary alicyclic amines) is 1. The molecule has 0 spiro atoms. The number of hydrogen-bond acceptors (Lipinski definition) is 3. The summed E-state index contributed by atoms with van der Waals surface area (Å²) in [4.78, 5) is 25.4. The molecule has 24 heavy (non-hydrogen) atoms. The monoisotopic (exact) mass is 343 g/mol. The van der Waals surface area contributed by atoms with Gasteiger partial charge in [0.15, 0.2) is 0 Å². The van der Waals surface area contributed by atoms with Gasteiger partial charge in [-0.2, -0.15) is 13.2 Å². The summed E-state index contributed by atoms with van der Waals surface area (Å²) in [6, 6.07) is 6.89. The largest absolute Gasteiger partial charge is 0.393 e. The van der Waals surface area contributed by atoms with Crippen molar-refractivity contribution in [1.82, 2.24) is 15.5 Å². The van der Waals surface area contributed by atoms with Gasteiger partial charge in [0.05, 0.1) is 5.92 Å². The predicted octanol–water partition coefficient (Wildman–Crippen LogP) is 2.46. The van der Waals surface area contributed by atoms with Gasteiger partial charge >= 0.3 is 12.2 Å². The number of piperidine rings is 1. The van der Waals surface area contributed by atoms with E-state index in [0.29, 0.717) is 18.5 Å². The Labute approximate surface area is 138 Å². The van der Waals surface area contributed by atoms with Gasteiger partial charge in [-0.05, 0) is 24.9 Å². The number of imide groups is 1. The van der Waals surface area contributed by atoms with Crippen molar-refractivity contribution in [3.05, 3.63) is 35.9 Å². The van der Waals surface area contributed by atoms with Crippen molar-refractivity contribution in [2.75, 3.05) is 20.1 Å². The summed E-state index contributed by atoms with van der Waals surface area (Å²) in [5.41, 5.74) is 0.557. The van der Waals surface area contributed by atoms with Crippen molar-refractivity contribution >= 4 is 11.9 Å². The average molecular weight is 343 g/mol. The number of nitrogens with one attached hydrogen (secondary N) is 2. The summed E-state index contributed by atoms with van der Waals surface area (Å²) in [5.74, 6) is -2.10. The second kappa shape index (κ2) is 7.65. The van der Waals surface area contributed by atoms with E-state index in [4.69, 9.17) is 0 Å². The average Bonchev–Trinajstić information content (AvgIpc) is 2.55. The maximum absolute atomic E-state index is 13.1. The van der Waals surface area contributed by atoms with E-state index in [-0.39, 0.29) is 13.0 Å². The van der Waals surface area contributed by atoms with E-state index in [1.165, 1.54) is 11.9 Å². The molecule has 1 fully saturated rings. The lowest BCUT2D eigenvalue weighted by Crippen LogP contribution is -2.50. The lowest BCUT2D eigenvalue weighted by Gasteiger charge is -2.38. The minimum absolute atomic E-state index is 0.0541. The van der Waals surface area contributed by atoms with Gasteiger partial charge in [0.25, 0.3) is 0 Å². The van der Waals surface area contributed by atoms with Gasteiger partial charge in [0.2, 0.25) is 5.91 Å². The molecule has 0 bridgehead atoms. The first-order valence-corrected chi connectivity index (χ1v) is 7.71. The molecule has 2 rings (SSSR count). The summed E-state index contributed by atoms with van der Waals surface area (Å²) < 4.78 is 39.2. The van der Waals surface area contributed by atoms with Gasteiger partial charge in [0.1, 0.15) is 6.04 Å². The molecule has 1 heterocycles. The molecule has 1 aliphatic heterocycles. The van der Waals surface area contributed by atoms with Crippen molar-refractivity contribution in [3.8, 4) is 0 Å². The summed E-state index contributed by atoms with van der Waals surface area (Å²) in [6.07, 6.45) is -3.89. The summed E-state index contributed by atoms with van der Waals surface area (Å²) in [6.45, 7) is 0.109. The second-order valence-electron chi connectivity index (χ2n) is 5.76. The van der Waals surface area contributed by atoms with Crippen LogP contribution in [-0.2, 0) is 4.79 Å². The molecule has 1 aromatic carbocycles. The van der Waals surface area contributed by atoms with Crippen LogP contribution < -0.4 is 10.6 Å². The first-order valence-electron chi connectivity index (χ1n) is 7.71. The fourth-order valence-corrected chi connectivity index (χ4v) is 2.91. The summed E-state index contributed by atoms with van der Waals surface area (Å²) in [5, 5.41) is 4.44. The maximum Gasteiger partial charge on any atom is 0.393 e. The zero-order valence-electron chi connectivity index (χ0n) is 13.3. The van der Waals surface area contributed by atoms with Crippen molar-refractivity contribution in [2.24, 2.45) is 5.92 Å². The van der Waals surface area contributed by atoms with Crippen molar-refractivity contribution in [1.29, 1.82) is 0 Å². The number of nitrogens with zero attached hydrogens (tertiary/aromatic N) is 1. The van der Waals surface area contributed by atoms with Crippen LogP contribution in [0.5, 0.6) is 0 Å². The Kier molecular flexibility index (Phi) is 5.82. The Morgan fingerprint density at radius 2 is 1.92 bits per heavy atom. The molecule has 2 unspecified atom stereocenters. The molecule has 1 aromatic rings.